The predicted molar refractivity (Wildman–Crippen MR) is 60.4 cm³/mol. The largest absolute Gasteiger partial charge is 0.480 e. The van der Waals surface area contributed by atoms with E-state index < -0.39 is 17.1 Å². The molecule has 0 aromatic carbocycles. The first-order chi connectivity index (χ1) is 6.76. The van der Waals surface area contributed by atoms with Gasteiger partial charge in [-0.3, -0.25) is 9.36 Å². The van der Waals surface area contributed by atoms with Gasteiger partial charge in [0.2, 0.25) is 0 Å². The third-order valence-electron chi connectivity index (χ3n) is 2.07. The van der Waals surface area contributed by atoms with Crippen LogP contribution in [0.4, 0.5) is 0 Å². The molecule has 0 aliphatic heterocycles. The fraction of sp³-hybridized carbons (Fsp3) is 0.333. The van der Waals surface area contributed by atoms with E-state index in [4.69, 9.17) is 16.7 Å². The van der Waals surface area contributed by atoms with Crippen LogP contribution in [-0.4, -0.2) is 15.6 Å². The van der Waals surface area contributed by atoms with Crippen molar-refractivity contribution in [2.75, 3.05) is 0 Å². The molecule has 0 saturated carbocycles. The molecule has 82 valence electrons. The van der Waals surface area contributed by atoms with E-state index in [-0.39, 0.29) is 4.47 Å². The second kappa shape index (κ2) is 3.98. The SMILES string of the molecule is CC(C)(C(=O)O)n1cc(Cl)cc(Br)c1=O. The highest BCUT2D eigenvalue weighted by Crippen LogP contribution is 2.18. The van der Waals surface area contributed by atoms with E-state index in [1.165, 1.54) is 26.1 Å². The van der Waals surface area contributed by atoms with Gasteiger partial charge < -0.3 is 5.11 Å². The lowest BCUT2D eigenvalue weighted by Crippen LogP contribution is -2.42. The number of hydrogen-bond acceptors (Lipinski definition) is 2. The van der Waals surface area contributed by atoms with Gasteiger partial charge in [-0.2, -0.15) is 0 Å². The molecule has 1 rings (SSSR count). The van der Waals surface area contributed by atoms with Crippen LogP contribution >= 0.6 is 27.5 Å². The van der Waals surface area contributed by atoms with Crippen LogP contribution in [0.5, 0.6) is 0 Å². The zero-order valence-corrected chi connectivity index (χ0v) is 10.5. The standard InChI is InChI=1S/C9H9BrClNO3/c1-9(2,8(14)15)12-4-5(11)3-6(10)7(12)13/h3-4H,1-2H3,(H,14,15). The van der Waals surface area contributed by atoms with Gasteiger partial charge in [-0.15, -0.1) is 0 Å². The molecule has 0 atom stereocenters. The number of aliphatic carboxylic acids is 1. The van der Waals surface area contributed by atoms with Crippen molar-refractivity contribution in [2.45, 2.75) is 19.4 Å². The normalized spacial score (nSPS) is 11.5. The summed E-state index contributed by atoms with van der Waals surface area (Å²) in [6.07, 6.45) is 1.31. The fourth-order valence-corrected chi connectivity index (χ4v) is 1.81. The van der Waals surface area contributed by atoms with E-state index in [9.17, 15) is 9.59 Å². The van der Waals surface area contributed by atoms with Gasteiger partial charge in [0.25, 0.3) is 5.56 Å². The Hall–Kier alpha value is -0.810. The summed E-state index contributed by atoms with van der Waals surface area (Å²) in [6, 6.07) is 1.43. The molecule has 0 amide bonds. The van der Waals surface area contributed by atoms with Crippen LogP contribution in [0.25, 0.3) is 0 Å². The third kappa shape index (κ3) is 2.23. The predicted octanol–water partition coefficient (Wildman–Crippen LogP) is 2.08. The molecule has 4 nitrogen and oxygen atoms in total. The van der Waals surface area contributed by atoms with Gasteiger partial charge in [0.05, 0.1) is 9.50 Å². The molecule has 0 unspecified atom stereocenters. The highest BCUT2D eigenvalue weighted by molar-refractivity contribution is 9.10. The average Bonchev–Trinajstić information content (AvgIpc) is 2.10. The maximum atomic E-state index is 11.7. The summed E-state index contributed by atoms with van der Waals surface area (Å²) in [4.78, 5) is 22.6. The van der Waals surface area contributed by atoms with Crippen LogP contribution in [0.15, 0.2) is 21.5 Å². The Balaban J connectivity index is 3.51. The van der Waals surface area contributed by atoms with E-state index in [1.807, 2.05) is 0 Å². The van der Waals surface area contributed by atoms with Crippen molar-refractivity contribution in [3.05, 3.63) is 32.1 Å². The number of rotatable bonds is 2. The second-order valence-electron chi connectivity index (χ2n) is 3.55. The summed E-state index contributed by atoms with van der Waals surface area (Å²) in [5, 5.41) is 9.28. The number of halogens is 2. The van der Waals surface area contributed by atoms with Gasteiger partial charge in [0, 0.05) is 6.20 Å². The smallest absolute Gasteiger partial charge is 0.329 e. The molecule has 0 fully saturated rings. The van der Waals surface area contributed by atoms with E-state index in [0.717, 1.165) is 4.57 Å². The number of carbonyl (C=O) groups is 1. The summed E-state index contributed by atoms with van der Waals surface area (Å²) in [5.41, 5.74) is -1.75. The minimum atomic E-state index is -1.33. The topological polar surface area (TPSA) is 59.3 Å². The summed E-state index contributed by atoms with van der Waals surface area (Å²) in [6.45, 7) is 2.86. The van der Waals surface area contributed by atoms with Crippen molar-refractivity contribution < 1.29 is 9.90 Å². The molecule has 1 aromatic rings. The fourth-order valence-electron chi connectivity index (χ4n) is 1.04. The Morgan fingerprint density at radius 3 is 2.60 bits per heavy atom. The van der Waals surface area contributed by atoms with Crippen LogP contribution in [0.1, 0.15) is 13.8 Å². The zero-order valence-electron chi connectivity index (χ0n) is 8.12. The quantitative estimate of drug-likeness (QED) is 0.908. The maximum Gasteiger partial charge on any atom is 0.329 e. The van der Waals surface area contributed by atoms with Gasteiger partial charge in [0.15, 0.2) is 0 Å². The molecule has 0 aliphatic rings. The van der Waals surface area contributed by atoms with Crippen molar-refractivity contribution in [3.63, 3.8) is 0 Å². The molecule has 15 heavy (non-hydrogen) atoms. The van der Waals surface area contributed by atoms with Crippen molar-refractivity contribution >= 4 is 33.5 Å². The van der Waals surface area contributed by atoms with Crippen molar-refractivity contribution in [1.29, 1.82) is 0 Å². The van der Waals surface area contributed by atoms with Crippen LogP contribution in [0.3, 0.4) is 0 Å². The molecule has 6 heteroatoms. The van der Waals surface area contributed by atoms with Crippen molar-refractivity contribution in [2.24, 2.45) is 0 Å². The summed E-state index contributed by atoms with van der Waals surface area (Å²) in [5.74, 6) is -1.10. The first-order valence-electron chi connectivity index (χ1n) is 4.08. The molecule has 0 bridgehead atoms. The van der Waals surface area contributed by atoms with E-state index in [2.05, 4.69) is 15.9 Å². The lowest BCUT2D eigenvalue weighted by molar-refractivity contribution is -0.145. The molecule has 1 heterocycles. The molecule has 0 spiro atoms. The Morgan fingerprint density at radius 2 is 2.13 bits per heavy atom. The number of nitrogens with zero attached hydrogens (tertiary/aromatic N) is 1. The monoisotopic (exact) mass is 293 g/mol. The van der Waals surface area contributed by atoms with E-state index in [1.54, 1.807) is 0 Å². The first kappa shape index (κ1) is 12.3. The lowest BCUT2D eigenvalue weighted by Gasteiger charge is -2.22. The summed E-state index contributed by atoms with van der Waals surface area (Å²) < 4.78 is 1.33. The number of pyridine rings is 1. The van der Waals surface area contributed by atoms with Crippen molar-refractivity contribution in [1.82, 2.24) is 4.57 Å². The van der Waals surface area contributed by atoms with Gasteiger partial charge in [-0.25, -0.2) is 4.79 Å². The lowest BCUT2D eigenvalue weighted by atomic mass is 10.1. The van der Waals surface area contributed by atoms with Crippen LogP contribution < -0.4 is 5.56 Å². The van der Waals surface area contributed by atoms with E-state index >= 15 is 0 Å². The summed E-state index contributed by atoms with van der Waals surface area (Å²) >= 11 is 8.78. The number of hydrogen-bond donors (Lipinski definition) is 1. The Bertz CT molecular complexity index is 467. The molecular formula is C9H9BrClNO3. The number of aromatic nitrogens is 1. The number of carboxylic acid groups (broad SMARTS) is 1. The van der Waals surface area contributed by atoms with Crippen LogP contribution in [0, 0.1) is 0 Å². The molecular weight excluding hydrogens is 285 g/mol. The van der Waals surface area contributed by atoms with Crippen molar-refractivity contribution in [3.8, 4) is 0 Å². The molecule has 1 aromatic heterocycles. The van der Waals surface area contributed by atoms with E-state index in [0.29, 0.717) is 5.02 Å². The summed E-state index contributed by atoms with van der Waals surface area (Å²) in [7, 11) is 0. The third-order valence-corrected chi connectivity index (χ3v) is 2.84. The number of carboxylic acids is 1. The highest BCUT2D eigenvalue weighted by atomic mass is 79.9. The molecule has 0 saturated heterocycles. The molecule has 1 N–H and O–H groups in total. The van der Waals surface area contributed by atoms with Gasteiger partial charge >= 0.3 is 5.97 Å². The Morgan fingerprint density at radius 1 is 1.60 bits per heavy atom. The Labute approximate surface area is 99.6 Å². The highest BCUT2D eigenvalue weighted by Gasteiger charge is 2.30. The molecule has 0 aliphatic carbocycles. The van der Waals surface area contributed by atoms with Gasteiger partial charge in [-0.05, 0) is 35.8 Å². The Kier molecular flexibility index (Phi) is 3.25. The zero-order chi connectivity index (χ0) is 11.8. The van der Waals surface area contributed by atoms with Crippen LogP contribution in [0.2, 0.25) is 5.02 Å². The minimum Gasteiger partial charge on any atom is -0.480 e. The second-order valence-corrected chi connectivity index (χ2v) is 4.84. The van der Waals surface area contributed by atoms with Crippen LogP contribution in [-0.2, 0) is 10.3 Å². The van der Waals surface area contributed by atoms with Gasteiger partial charge in [-0.1, -0.05) is 11.6 Å². The minimum absolute atomic E-state index is 0.240. The molecule has 0 radical (unpaired) electrons. The maximum absolute atomic E-state index is 11.7. The first-order valence-corrected chi connectivity index (χ1v) is 5.25. The van der Waals surface area contributed by atoms with Gasteiger partial charge in [0.1, 0.15) is 5.54 Å². The average molecular weight is 295 g/mol.